The number of halogens is 5. The van der Waals surface area contributed by atoms with E-state index in [9.17, 15) is 40.0 Å². The zero-order valence-corrected chi connectivity index (χ0v) is 18.9. The molecule has 0 fully saturated rings. The molecule has 0 aliphatic rings. The van der Waals surface area contributed by atoms with Crippen LogP contribution in [-0.2, 0) is 10.1 Å². The van der Waals surface area contributed by atoms with Crippen LogP contribution in [0.1, 0.15) is 0 Å². The summed E-state index contributed by atoms with van der Waals surface area (Å²) in [5.41, 5.74) is -2.87. The van der Waals surface area contributed by atoms with Gasteiger partial charge in [-0.1, -0.05) is 4.73 Å². The van der Waals surface area contributed by atoms with E-state index in [1.807, 2.05) is 0 Å². The molecule has 0 aliphatic carbocycles. The molecule has 0 unspecified atom stereocenters. The third-order valence-electron chi connectivity index (χ3n) is 5.17. The van der Waals surface area contributed by atoms with Crippen LogP contribution in [0, 0.1) is 29.1 Å². The molecule has 1 heterocycles. The average Bonchev–Trinajstić information content (AvgIpc) is 2.94. The Balaban J connectivity index is 2.13. The standard InChI is InChI=1S/C22H12F5NO7S/c1-33-9-3-5-11-12-6-4-10(34-2)8-14(12)22(30)28(21(29)13(11)7-9)35-36(31,32)20-18(26)16(24)15(23)17(25)19(20)27/h3-8H,1-2H3. The molecule has 188 valence electrons. The van der Waals surface area contributed by atoms with Crippen molar-refractivity contribution in [3.8, 4) is 11.5 Å². The fraction of sp³-hybridized carbons (Fsp3) is 0.0909. The number of methoxy groups -OCH3 is 2. The highest BCUT2D eigenvalue weighted by atomic mass is 32.2. The van der Waals surface area contributed by atoms with Crippen LogP contribution in [-0.4, -0.2) is 27.4 Å². The van der Waals surface area contributed by atoms with E-state index >= 15 is 0 Å². The highest BCUT2D eigenvalue weighted by Crippen LogP contribution is 2.28. The number of benzene rings is 3. The van der Waals surface area contributed by atoms with Crippen LogP contribution in [0.4, 0.5) is 22.0 Å². The van der Waals surface area contributed by atoms with Gasteiger partial charge in [0.05, 0.1) is 25.0 Å². The maximum atomic E-state index is 14.2. The third kappa shape index (κ3) is 3.79. The summed E-state index contributed by atoms with van der Waals surface area (Å²) >= 11 is 0. The van der Waals surface area contributed by atoms with Gasteiger partial charge in [0, 0.05) is 0 Å². The van der Waals surface area contributed by atoms with Gasteiger partial charge in [-0.2, -0.15) is 8.42 Å². The summed E-state index contributed by atoms with van der Waals surface area (Å²) in [5, 5.41) is -0.434. The smallest absolute Gasteiger partial charge is 0.363 e. The van der Waals surface area contributed by atoms with Crippen LogP contribution in [0.2, 0.25) is 0 Å². The third-order valence-corrected chi connectivity index (χ3v) is 6.37. The summed E-state index contributed by atoms with van der Waals surface area (Å²) in [7, 11) is -3.46. The summed E-state index contributed by atoms with van der Waals surface area (Å²) in [6, 6.07) is 7.90. The van der Waals surface area contributed by atoms with Crippen LogP contribution < -0.4 is 24.9 Å². The molecule has 0 bridgehead atoms. The van der Waals surface area contributed by atoms with Gasteiger partial charge >= 0.3 is 10.1 Å². The first-order valence-corrected chi connectivity index (χ1v) is 11.0. The largest absolute Gasteiger partial charge is 0.497 e. The van der Waals surface area contributed by atoms with Gasteiger partial charge in [0.15, 0.2) is 28.2 Å². The lowest BCUT2D eigenvalue weighted by Gasteiger charge is -2.10. The van der Waals surface area contributed by atoms with Crippen molar-refractivity contribution in [2.75, 3.05) is 14.2 Å². The zero-order valence-electron chi connectivity index (χ0n) is 18.1. The molecule has 36 heavy (non-hydrogen) atoms. The summed E-state index contributed by atoms with van der Waals surface area (Å²) in [4.78, 5) is 24.1. The minimum atomic E-state index is -5.98. The molecule has 4 aromatic rings. The fourth-order valence-corrected chi connectivity index (χ4v) is 4.47. The highest BCUT2D eigenvalue weighted by Gasteiger charge is 2.36. The molecule has 0 saturated carbocycles. The maximum Gasteiger partial charge on any atom is 0.363 e. The molecule has 14 heteroatoms. The first-order chi connectivity index (χ1) is 16.9. The van der Waals surface area contributed by atoms with E-state index in [1.54, 1.807) is 0 Å². The molecule has 0 spiro atoms. The van der Waals surface area contributed by atoms with Crippen LogP contribution >= 0.6 is 0 Å². The predicted molar refractivity (Wildman–Crippen MR) is 115 cm³/mol. The minimum Gasteiger partial charge on any atom is -0.497 e. The van der Waals surface area contributed by atoms with Gasteiger partial charge in [-0.15, -0.1) is 0 Å². The van der Waals surface area contributed by atoms with E-state index < -0.39 is 55.2 Å². The number of fused-ring (bicyclic) bond motifs is 3. The number of hydrogen-bond acceptors (Lipinski definition) is 7. The summed E-state index contributed by atoms with van der Waals surface area (Å²) in [6.45, 7) is 0. The highest BCUT2D eigenvalue weighted by molar-refractivity contribution is 7.87. The van der Waals surface area contributed by atoms with Crippen molar-refractivity contribution >= 4 is 31.7 Å². The molecule has 4 rings (SSSR count). The first-order valence-electron chi connectivity index (χ1n) is 9.64. The Kier molecular flexibility index (Phi) is 6.08. The molecule has 0 aliphatic heterocycles. The SMILES string of the molecule is COc1ccc2c(c1)c(=O)n(OS(=O)(=O)c1c(F)c(F)c(F)c(F)c1F)c(=O)c1cc(OC)ccc12. The molecule has 8 nitrogen and oxygen atoms in total. The molecule has 0 atom stereocenters. The van der Waals surface area contributed by atoms with Crippen LogP contribution in [0.15, 0.2) is 50.9 Å². The molecular formula is C22H12F5NO7S. The number of ether oxygens (including phenoxy) is 2. The molecule has 0 radical (unpaired) electrons. The molecule has 0 saturated heterocycles. The predicted octanol–water partition coefficient (Wildman–Crippen LogP) is 3.05. The monoisotopic (exact) mass is 529 g/mol. The van der Waals surface area contributed by atoms with Gasteiger partial charge in [-0.05, 0) is 47.2 Å². The average molecular weight is 529 g/mol. The lowest BCUT2D eigenvalue weighted by molar-refractivity contribution is 0.255. The van der Waals surface area contributed by atoms with E-state index in [1.165, 1.54) is 38.5 Å². The molecular weight excluding hydrogens is 517 g/mol. The Morgan fingerprint density at radius 3 is 1.42 bits per heavy atom. The van der Waals surface area contributed by atoms with Crippen molar-refractivity contribution in [1.29, 1.82) is 0 Å². The van der Waals surface area contributed by atoms with Crippen molar-refractivity contribution < 1.29 is 44.1 Å². The topological polar surface area (TPSA) is 101 Å². The molecule has 1 aromatic heterocycles. The Morgan fingerprint density at radius 2 is 1.03 bits per heavy atom. The van der Waals surface area contributed by atoms with Crippen molar-refractivity contribution in [3.63, 3.8) is 0 Å². The fourth-order valence-electron chi connectivity index (χ4n) is 3.44. The summed E-state index contributed by atoms with van der Waals surface area (Å²) < 4.78 is 109. The van der Waals surface area contributed by atoms with Crippen molar-refractivity contribution in [2.24, 2.45) is 0 Å². The lowest BCUT2D eigenvalue weighted by atomic mass is 10.1. The Hall–Kier alpha value is -4.20. The molecule has 0 amide bonds. The second-order valence-electron chi connectivity index (χ2n) is 7.16. The van der Waals surface area contributed by atoms with Crippen LogP contribution in [0.3, 0.4) is 0 Å². The van der Waals surface area contributed by atoms with E-state index in [0.717, 1.165) is 12.1 Å². The van der Waals surface area contributed by atoms with Gasteiger partial charge < -0.3 is 9.47 Å². The van der Waals surface area contributed by atoms with E-state index in [-0.39, 0.29) is 37.8 Å². The Morgan fingerprint density at radius 1 is 0.639 bits per heavy atom. The second-order valence-corrected chi connectivity index (χ2v) is 8.62. The van der Waals surface area contributed by atoms with Crippen molar-refractivity contribution in [1.82, 2.24) is 4.73 Å². The number of nitrogens with zero attached hydrogens (tertiary/aromatic N) is 1. The summed E-state index contributed by atoms with van der Waals surface area (Å²) in [5.74, 6) is -13.0. The minimum absolute atomic E-state index is 0.106. The normalized spacial score (nSPS) is 11.6. The molecule has 3 aromatic carbocycles. The molecule has 0 N–H and O–H groups in total. The Labute approximate surface area is 197 Å². The van der Waals surface area contributed by atoms with E-state index in [4.69, 9.17) is 9.47 Å². The lowest BCUT2D eigenvalue weighted by Crippen LogP contribution is -2.39. The number of hydrogen-bond donors (Lipinski definition) is 0. The second kappa shape index (κ2) is 8.78. The number of aromatic nitrogens is 1. The van der Waals surface area contributed by atoms with Gasteiger partial charge in [0.25, 0.3) is 11.1 Å². The van der Waals surface area contributed by atoms with Crippen molar-refractivity contribution in [2.45, 2.75) is 4.90 Å². The number of rotatable bonds is 5. The van der Waals surface area contributed by atoms with Gasteiger partial charge in [-0.25, -0.2) is 22.0 Å². The van der Waals surface area contributed by atoms with Crippen LogP contribution in [0.5, 0.6) is 11.5 Å². The quantitative estimate of drug-likeness (QED) is 0.223. The summed E-state index contributed by atoms with van der Waals surface area (Å²) in [6.07, 6.45) is 0. The van der Waals surface area contributed by atoms with Crippen LogP contribution in [0.25, 0.3) is 21.5 Å². The maximum absolute atomic E-state index is 14.2. The van der Waals surface area contributed by atoms with Gasteiger partial charge in [0.1, 0.15) is 11.5 Å². The zero-order chi connectivity index (χ0) is 26.5. The van der Waals surface area contributed by atoms with E-state index in [0.29, 0.717) is 0 Å². The van der Waals surface area contributed by atoms with Crippen molar-refractivity contribution in [3.05, 3.63) is 86.2 Å². The van der Waals surface area contributed by atoms with Gasteiger partial charge in [0.2, 0.25) is 5.82 Å². The first kappa shape index (κ1) is 24.9. The van der Waals surface area contributed by atoms with Gasteiger partial charge in [-0.3, -0.25) is 13.9 Å². The van der Waals surface area contributed by atoms with E-state index in [2.05, 4.69) is 4.28 Å². The Bertz CT molecular complexity index is 1700.